The molecule has 2 rings (SSSR count). The van der Waals surface area contributed by atoms with Crippen LogP contribution in [0.3, 0.4) is 0 Å². The summed E-state index contributed by atoms with van der Waals surface area (Å²) in [4.78, 5) is 2.13. The minimum atomic E-state index is -0.454. The summed E-state index contributed by atoms with van der Waals surface area (Å²) in [6.45, 7) is 3.53. The Kier molecular flexibility index (Phi) is 4.97. The lowest BCUT2D eigenvalue weighted by molar-refractivity contribution is 0.0822. The first kappa shape index (κ1) is 14.5. The van der Waals surface area contributed by atoms with Gasteiger partial charge in [-0.25, -0.2) is 0 Å². The van der Waals surface area contributed by atoms with Crippen molar-refractivity contribution < 1.29 is 10.2 Å². The van der Waals surface area contributed by atoms with Crippen LogP contribution in [0, 0.1) is 12.8 Å². The van der Waals surface area contributed by atoms with Crippen molar-refractivity contribution in [1.82, 2.24) is 4.90 Å². The van der Waals surface area contributed by atoms with Gasteiger partial charge in [0.15, 0.2) is 0 Å². The topological polar surface area (TPSA) is 43.7 Å². The third-order valence-corrected chi connectivity index (χ3v) is 4.11. The number of benzene rings is 1. The number of nitrogens with zero attached hydrogens (tertiary/aromatic N) is 1. The fraction of sp³-hybridized carbons (Fsp3) is 0.625. The lowest BCUT2D eigenvalue weighted by atomic mass is 10.0. The smallest absolute Gasteiger partial charge is 0.0916 e. The summed E-state index contributed by atoms with van der Waals surface area (Å²) in [6.07, 6.45) is 2.55. The van der Waals surface area contributed by atoms with Gasteiger partial charge >= 0.3 is 0 Å². The second-order valence-electron chi connectivity index (χ2n) is 5.91. The van der Waals surface area contributed by atoms with E-state index in [2.05, 4.69) is 4.90 Å². The van der Waals surface area contributed by atoms with Gasteiger partial charge in [0.1, 0.15) is 0 Å². The van der Waals surface area contributed by atoms with Crippen molar-refractivity contribution in [3.05, 3.63) is 35.4 Å². The molecule has 2 N–H and O–H groups in total. The highest BCUT2D eigenvalue weighted by atomic mass is 16.3. The van der Waals surface area contributed by atoms with Gasteiger partial charge in [-0.05, 0) is 38.3 Å². The molecule has 3 atom stereocenters. The minimum absolute atomic E-state index is 0.154. The summed E-state index contributed by atoms with van der Waals surface area (Å²) >= 11 is 0. The van der Waals surface area contributed by atoms with Gasteiger partial charge in [-0.3, -0.25) is 0 Å². The zero-order valence-corrected chi connectivity index (χ0v) is 11.9. The second-order valence-corrected chi connectivity index (χ2v) is 5.91. The Hall–Kier alpha value is -0.900. The molecule has 0 saturated heterocycles. The van der Waals surface area contributed by atoms with Crippen LogP contribution in [0.1, 0.15) is 36.5 Å². The molecule has 0 amide bonds. The Morgan fingerprint density at radius 3 is 2.53 bits per heavy atom. The summed E-state index contributed by atoms with van der Waals surface area (Å²) < 4.78 is 0. The highest BCUT2D eigenvalue weighted by molar-refractivity contribution is 5.23. The van der Waals surface area contributed by atoms with Crippen LogP contribution in [0.5, 0.6) is 0 Å². The molecule has 1 aromatic carbocycles. The van der Waals surface area contributed by atoms with Crippen LogP contribution in [0.15, 0.2) is 24.3 Å². The number of likely N-dealkylation sites (N-methyl/N-ethyl adjacent to an activating group) is 1. The fourth-order valence-corrected chi connectivity index (χ4v) is 2.89. The van der Waals surface area contributed by atoms with E-state index >= 15 is 0 Å². The normalized spacial score (nSPS) is 24.9. The van der Waals surface area contributed by atoms with Crippen LogP contribution >= 0.6 is 0 Å². The molecule has 106 valence electrons. The summed E-state index contributed by atoms with van der Waals surface area (Å²) in [5.41, 5.74) is 2.17. The molecular formula is C16H25NO2. The molecular weight excluding hydrogens is 238 g/mol. The number of aliphatic hydroxyl groups excluding tert-OH is 2. The Morgan fingerprint density at radius 1 is 1.26 bits per heavy atom. The summed E-state index contributed by atoms with van der Waals surface area (Å²) in [5, 5.41) is 20.0. The molecule has 0 heterocycles. The van der Waals surface area contributed by atoms with Gasteiger partial charge in [-0.15, -0.1) is 0 Å². The van der Waals surface area contributed by atoms with E-state index in [1.165, 1.54) is 5.56 Å². The monoisotopic (exact) mass is 263 g/mol. The molecule has 0 radical (unpaired) electrons. The molecule has 0 spiro atoms. The summed E-state index contributed by atoms with van der Waals surface area (Å²) in [5.74, 6) is 0.371. The molecule has 1 aliphatic carbocycles. The number of hydrogen-bond acceptors (Lipinski definition) is 3. The van der Waals surface area contributed by atoms with E-state index in [9.17, 15) is 10.2 Å². The number of hydrogen-bond donors (Lipinski definition) is 2. The highest BCUT2D eigenvalue weighted by Gasteiger charge is 2.26. The van der Waals surface area contributed by atoms with Gasteiger partial charge in [0, 0.05) is 13.1 Å². The van der Waals surface area contributed by atoms with Crippen LogP contribution in [0.2, 0.25) is 0 Å². The average Bonchev–Trinajstić information content (AvgIpc) is 2.75. The molecule has 0 aromatic heterocycles. The van der Waals surface area contributed by atoms with Crippen LogP contribution in [0.4, 0.5) is 0 Å². The first-order chi connectivity index (χ1) is 9.06. The Morgan fingerprint density at radius 2 is 1.95 bits per heavy atom. The van der Waals surface area contributed by atoms with E-state index in [0.717, 1.165) is 31.4 Å². The Bertz CT molecular complexity index is 390. The number of aliphatic hydroxyl groups is 2. The highest BCUT2D eigenvalue weighted by Crippen LogP contribution is 2.26. The lowest BCUT2D eigenvalue weighted by Crippen LogP contribution is -2.32. The number of aryl methyl sites for hydroxylation is 1. The quantitative estimate of drug-likeness (QED) is 0.855. The molecule has 1 aliphatic rings. The maximum atomic E-state index is 10.2. The molecule has 1 saturated carbocycles. The van der Waals surface area contributed by atoms with Crippen LogP contribution in [0.25, 0.3) is 0 Å². The van der Waals surface area contributed by atoms with E-state index in [-0.39, 0.29) is 6.10 Å². The van der Waals surface area contributed by atoms with Crippen molar-refractivity contribution in [3.63, 3.8) is 0 Å². The van der Waals surface area contributed by atoms with Crippen molar-refractivity contribution in [2.45, 2.75) is 38.4 Å². The molecule has 19 heavy (non-hydrogen) atoms. The maximum Gasteiger partial charge on any atom is 0.0916 e. The number of rotatable bonds is 5. The minimum Gasteiger partial charge on any atom is -0.393 e. The van der Waals surface area contributed by atoms with Crippen molar-refractivity contribution in [2.24, 2.45) is 5.92 Å². The van der Waals surface area contributed by atoms with Crippen molar-refractivity contribution in [2.75, 3.05) is 20.1 Å². The maximum absolute atomic E-state index is 10.2. The van der Waals surface area contributed by atoms with Gasteiger partial charge in [0.05, 0.1) is 12.2 Å². The van der Waals surface area contributed by atoms with E-state index < -0.39 is 6.10 Å². The summed E-state index contributed by atoms with van der Waals surface area (Å²) in [6, 6.07) is 8.02. The molecule has 3 nitrogen and oxygen atoms in total. The fourth-order valence-electron chi connectivity index (χ4n) is 2.89. The predicted octanol–water partition coefficient (Wildman–Crippen LogP) is 2.12. The summed E-state index contributed by atoms with van der Waals surface area (Å²) in [7, 11) is 2.02. The molecule has 3 unspecified atom stereocenters. The molecule has 0 bridgehead atoms. The molecule has 0 aliphatic heterocycles. The zero-order chi connectivity index (χ0) is 13.8. The van der Waals surface area contributed by atoms with Gasteiger partial charge in [-0.2, -0.15) is 0 Å². The standard InChI is InChI=1S/C16H25NO2/c1-12-6-8-13(9-7-12)16(19)11-17(2)10-14-4-3-5-15(14)18/h6-9,14-16,18-19H,3-5,10-11H2,1-2H3. The van der Waals surface area contributed by atoms with Crippen molar-refractivity contribution in [3.8, 4) is 0 Å². The van der Waals surface area contributed by atoms with Gasteiger partial charge in [-0.1, -0.05) is 36.2 Å². The van der Waals surface area contributed by atoms with Crippen LogP contribution < -0.4 is 0 Å². The third kappa shape index (κ3) is 4.03. The van der Waals surface area contributed by atoms with Crippen molar-refractivity contribution >= 4 is 0 Å². The molecule has 3 heteroatoms. The Labute approximate surface area is 115 Å². The largest absolute Gasteiger partial charge is 0.393 e. The van der Waals surface area contributed by atoms with Gasteiger partial charge in [0.2, 0.25) is 0 Å². The first-order valence-corrected chi connectivity index (χ1v) is 7.17. The van der Waals surface area contributed by atoms with Gasteiger partial charge in [0.25, 0.3) is 0 Å². The average molecular weight is 263 g/mol. The van der Waals surface area contributed by atoms with Crippen LogP contribution in [-0.2, 0) is 0 Å². The third-order valence-electron chi connectivity index (χ3n) is 4.11. The molecule has 1 aromatic rings. The van der Waals surface area contributed by atoms with E-state index in [0.29, 0.717) is 12.5 Å². The van der Waals surface area contributed by atoms with E-state index in [4.69, 9.17) is 0 Å². The van der Waals surface area contributed by atoms with Crippen LogP contribution in [-0.4, -0.2) is 41.4 Å². The molecule has 1 fully saturated rings. The SMILES string of the molecule is Cc1ccc(C(O)CN(C)CC2CCCC2O)cc1. The van der Waals surface area contributed by atoms with E-state index in [1.807, 2.05) is 38.2 Å². The Balaban J connectivity index is 1.84. The zero-order valence-electron chi connectivity index (χ0n) is 11.9. The lowest BCUT2D eigenvalue weighted by Gasteiger charge is -2.25. The second kappa shape index (κ2) is 6.51. The van der Waals surface area contributed by atoms with Crippen molar-refractivity contribution in [1.29, 1.82) is 0 Å². The van der Waals surface area contributed by atoms with E-state index in [1.54, 1.807) is 0 Å². The first-order valence-electron chi connectivity index (χ1n) is 7.17. The van der Waals surface area contributed by atoms with Gasteiger partial charge < -0.3 is 15.1 Å². The predicted molar refractivity (Wildman–Crippen MR) is 77.0 cm³/mol.